The van der Waals surface area contributed by atoms with Gasteiger partial charge in [0, 0.05) is 31.4 Å². The summed E-state index contributed by atoms with van der Waals surface area (Å²) in [5, 5.41) is 5.71. The van der Waals surface area contributed by atoms with Gasteiger partial charge in [-0.05, 0) is 56.0 Å². The minimum Gasteiger partial charge on any atom is -0.463 e. The molecule has 1 aliphatic rings. The van der Waals surface area contributed by atoms with Crippen LogP contribution >= 0.6 is 0 Å². The lowest BCUT2D eigenvalue weighted by molar-refractivity contribution is -0.137. The fraction of sp³-hybridized carbons (Fsp3) is 0.500. The molecule has 1 saturated heterocycles. The molecule has 1 aromatic rings. The molecule has 6 heteroatoms. The van der Waals surface area contributed by atoms with Crippen LogP contribution in [0.2, 0.25) is 0 Å². The quantitative estimate of drug-likeness (QED) is 0.580. The van der Waals surface area contributed by atoms with Crippen molar-refractivity contribution in [2.24, 2.45) is 5.92 Å². The molecule has 0 unspecified atom stereocenters. The van der Waals surface area contributed by atoms with E-state index in [4.69, 9.17) is 4.74 Å². The van der Waals surface area contributed by atoms with E-state index < -0.39 is 0 Å². The lowest BCUT2D eigenvalue weighted by Crippen LogP contribution is -2.41. The lowest BCUT2D eigenvalue weighted by Gasteiger charge is -2.30. The number of nitrogens with one attached hydrogen (secondary N) is 2. The van der Waals surface area contributed by atoms with Crippen molar-refractivity contribution in [3.05, 3.63) is 35.9 Å². The van der Waals surface area contributed by atoms with Gasteiger partial charge < -0.3 is 20.3 Å². The number of carbonyl (C=O) groups excluding carboxylic acids is 2. The fourth-order valence-corrected chi connectivity index (χ4v) is 3.02. The maximum atomic E-state index is 12.0. The zero-order valence-corrected chi connectivity index (χ0v) is 15.7. The number of anilines is 1. The number of hydrogen-bond donors (Lipinski definition) is 2. The van der Waals surface area contributed by atoms with E-state index in [1.165, 1.54) is 18.9 Å². The molecule has 1 heterocycles. The molecule has 0 saturated carbocycles. The van der Waals surface area contributed by atoms with Gasteiger partial charge >= 0.3 is 12.0 Å². The number of piperidine rings is 1. The first-order valence-electron chi connectivity index (χ1n) is 9.29. The third-order valence-electron chi connectivity index (χ3n) is 4.32. The van der Waals surface area contributed by atoms with Crippen molar-refractivity contribution in [2.75, 3.05) is 38.1 Å². The Morgan fingerprint density at radius 1 is 1.31 bits per heavy atom. The van der Waals surface area contributed by atoms with Crippen LogP contribution in [0, 0.1) is 5.92 Å². The Morgan fingerprint density at radius 2 is 2.08 bits per heavy atom. The van der Waals surface area contributed by atoms with E-state index in [1.807, 2.05) is 12.1 Å². The van der Waals surface area contributed by atoms with Crippen molar-refractivity contribution in [3.8, 4) is 0 Å². The van der Waals surface area contributed by atoms with Gasteiger partial charge in [0.05, 0.1) is 6.61 Å². The normalized spacial score (nSPS) is 17.8. The number of benzene rings is 1. The van der Waals surface area contributed by atoms with E-state index in [1.54, 1.807) is 25.1 Å². The number of likely N-dealkylation sites (tertiary alicyclic amines) is 1. The minimum atomic E-state index is -0.364. The van der Waals surface area contributed by atoms with Gasteiger partial charge in [-0.3, -0.25) is 0 Å². The molecule has 0 aliphatic carbocycles. The number of ether oxygens (including phenoxy) is 1. The van der Waals surface area contributed by atoms with Gasteiger partial charge in [0.2, 0.25) is 0 Å². The summed E-state index contributed by atoms with van der Waals surface area (Å²) in [7, 11) is 0. The molecular weight excluding hydrogens is 330 g/mol. The average molecular weight is 359 g/mol. The molecule has 1 fully saturated rings. The number of amides is 2. The Balaban J connectivity index is 1.70. The van der Waals surface area contributed by atoms with Gasteiger partial charge in [-0.25, -0.2) is 9.59 Å². The molecule has 0 spiro atoms. The van der Waals surface area contributed by atoms with E-state index in [2.05, 4.69) is 22.5 Å². The van der Waals surface area contributed by atoms with Crippen LogP contribution in [-0.4, -0.2) is 49.7 Å². The standard InChI is InChI=1S/C20H29N3O3/c1-3-26-19(24)11-8-17-6-9-18(10-7-17)22-20(25)21-12-14-23-13-4-5-16(2)15-23/h6-11,16H,3-5,12-15H2,1-2H3,(H2,21,22,25)/b11-8-/t16-/m0/s1. The van der Waals surface area contributed by atoms with E-state index in [9.17, 15) is 9.59 Å². The first kappa shape index (κ1) is 20.0. The highest BCUT2D eigenvalue weighted by Gasteiger charge is 2.15. The van der Waals surface area contributed by atoms with Gasteiger partial charge in [0.1, 0.15) is 0 Å². The van der Waals surface area contributed by atoms with Crippen molar-refractivity contribution in [3.63, 3.8) is 0 Å². The SMILES string of the molecule is CCOC(=O)/C=C\c1ccc(NC(=O)NCCN2CCC[C@H](C)C2)cc1. The summed E-state index contributed by atoms with van der Waals surface area (Å²) in [6.07, 6.45) is 5.61. The second kappa shape index (κ2) is 10.6. The first-order chi connectivity index (χ1) is 12.6. The van der Waals surface area contributed by atoms with Gasteiger partial charge in [-0.15, -0.1) is 0 Å². The summed E-state index contributed by atoms with van der Waals surface area (Å²) >= 11 is 0. The second-order valence-corrected chi connectivity index (χ2v) is 6.64. The highest BCUT2D eigenvalue weighted by molar-refractivity contribution is 5.90. The third-order valence-corrected chi connectivity index (χ3v) is 4.32. The van der Waals surface area contributed by atoms with Crippen LogP contribution < -0.4 is 10.6 Å². The highest BCUT2D eigenvalue weighted by atomic mass is 16.5. The summed E-state index contributed by atoms with van der Waals surface area (Å²) in [6.45, 7) is 8.16. The maximum Gasteiger partial charge on any atom is 0.330 e. The smallest absolute Gasteiger partial charge is 0.330 e. The Labute approximate surface area is 155 Å². The van der Waals surface area contributed by atoms with Crippen molar-refractivity contribution in [1.29, 1.82) is 0 Å². The van der Waals surface area contributed by atoms with Crippen LogP contribution in [0.4, 0.5) is 10.5 Å². The first-order valence-corrected chi connectivity index (χ1v) is 9.29. The van der Waals surface area contributed by atoms with Crippen LogP contribution in [0.1, 0.15) is 32.3 Å². The Morgan fingerprint density at radius 3 is 2.77 bits per heavy atom. The van der Waals surface area contributed by atoms with Crippen LogP contribution in [0.15, 0.2) is 30.3 Å². The molecule has 0 bridgehead atoms. The van der Waals surface area contributed by atoms with E-state index >= 15 is 0 Å². The number of nitrogens with zero attached hydrogens (tertiary/aromatic N) is 1. The molecule has 0 aromatic heterocycles. The molecule has 26 heavy (non-hydrogen) atoms. The predicted octanol–water partition coefficient (Wildman–Crippen LogP) is 3.12. The van der Waals surface area contributed by atoms with Crippen LogP contribution in [0.25, 0.3) is 6.08 Å². The Bertz CT molecular complexity index is 613. The maximum absolute atomic E-state index is 12.0. The third kappa shape index (κ3) is 7.27. The number of rotatable bonds is 7. The zero-order valence-electron chi connectivity index (χ0n) is 15.7. The van der Waals surface area contributed by atoms with Crippen molar-refractivity contribution in [2.45, 2.75) is 26.7 Å². The zero-order chi connectivity index (χ0) is 18.8. The van der Waals surface area contributed by atoms with Gasteiger partial charge in [-0.2, -0.15) is 0 Å². The molecule has 2 amide bonds. The molecule has 1 atom stereocenters. The molecule has 142 valence electrons. The van der Waals surface area contributed by atoms with Crippen molar-refractivity contribution >= 4 is 23.8 Å². The van der Waals surface area contributed by atoms with Crippen molar-refractivity contribution in [1.82, 2.24) is 10.2 Å². The largest absolute Gasteiger partial charge is 0.463 e. The molecular formula is C20H29N3O3. The molecule has 1 aromatic carbocycles. The van der Waals surface area contributed by atoms with E-state index in [0.717, 1.165) is 31.1 Å². The number of carbonyl (C=O) groups is 2. The summed E-state index contributed by atoms with van der Waals surface area (Å²) in [5.41, 5.74) is 1.57. The van der Waals surface area contributed by atoms with E-state index in [-0.39, 0.29) is 12.0 Å². The molecule has 2 N–H and O–H groups in total. The number of urea groups is 1. The molecule has 6 nitrogen and oxygen atoms in total. The molecule has 2 rings (SSSR count). The predicted molar refractivity (Wildman–Crippen MR) is 104 cm³/mol. The monoisotopic (exact) mass is 359 g/mol. The number of hydrogen-bond acceptors (Lipinski definition) is 4. The van der Waals surface area contributed by atoms with E-state index in [0.29, 0.717) is 18.8 Å². The van der Waals surface area contributed by atoms with Crippen molar-refractivity contribution < 1.29 is 14.3 Å². The summed E-state index contributed by atoms with van der Waals surface area (Å²) in [5.74, 6) is 0.381. The molecule has 0 radical (unpaired) electrons. The second-order valence-electron chi connectivity index (χ2n) is 6.64. The summed E-state index contributed by atoms with van der Waals surface area (Å²) < 4.78 is 4.83. The van der Waals surface area contributed by atoms with Gasteiger partial charge in [0.15, 0.2) is 0 Å². The Kier molecular flexibility index (Phi) is 8.15. The average Bonchev–Trinajstić information content (AvgIpc) is 2.61. The van der Waals surface area contributed by atoms with Crippen LogP contribution in [-0.2, 0) is 9.53 Å². The van der Waals surface area contributed by atoms with Gasteiger partial charge in [0.25, 0.3) is 0 Å². The summed E-state index contributed by atoms with van der Waals surface area (Å²) in [6, 6.07) is 7.07. The number of esters is 1. The molecule has 1 aliphatic heterocycles. The highest BCUT2D eigenvalue weighted by Crippen LogP contribution is 2.14. The summed E-state index contributed by atoms with van der Waals surface area (Å²) in [4.78, 5) is 25.7. The van der Waals surface area contributed by atoms with Crippen LogP contribution in [0.5, 0.6) is 0 Å². The van der Waals surface area contributed by atoms with Crippen LogP contribution in [0.3, 0.4) is 0 Å². The van der Waals surface area contributed by atoms with Gasteiger partial charge in [-0.1, -0.05) is 19.1 Å². The topological polar surface area (TPSA) is 70.7 Å². The lowest BCUT2D eigenvalue weighted by atomic mass is 10.0. The minimum absolute atomic E-state index is 0.204. The fourth-order valence-electron chi connectivity index (χ4n) is 3.02. The Hall–Kier alpha value is -2.34.